The Morgan fingerprint density at radius 3 is 2.74 bits per heavy atom. The Morgan fingerprint density at radius 2 is 1.97 bits per heavy atom. The van der Waals surface area contributed by atoms with Gasteiger partial charge in [-0.1, -0.05) is 6.07 Å². The molecule has 35 heavy (non-hydrogen) atoms. The number of hydrogen-bond donors (Lipinski definition) is 1. The number of benzene rings is 1. The standard InChI is InChI=1S/C24H26N8O3/c1-16(33)31-8-9-32-22(21(27-24(31)32)20-4-5-26-28-20)17-2-3-19-18(14-17)23(34)30(15-25-19)7-6-29-10-12-35-13-11-29/h2-5,14-15H,6-13H2,1H3,(H,26,28). The lowest BCUT2D eigenvalue weighted by Gasteiger charge is -2.26. The van der Waals surface area contributed by atoms with Crippen molar-refractivity contribution >= 4 is 22.8 Å². The van der Waals surface area contributed by atoms with Gasteiger partial charge in [0, 0.05) is 58.0 Å². The van der Waals surface area contributed by atoms with Crippen LogP contribution < -0.4 is 10.5 Å². The summed E-state index contributed by atoms with van der Waals surface area (Å²) >= 11 is 0. The van der Waals surface area contributed by atoms with Gasteiger partial charge in [-0.3, -0.25) is 29.1 Å². The number of ether oxygens (including phenoxy) is 1. The lowest BCUT2D eigenvalue weighted by Crippen LogP contribution is -2.39. The molecule has 1 aromatic carbocycles. The lowest BCUT2D eigenvalue weighted by atomic mass is 10.1. The monoisotopic (exact) mass is 474 g/mol. The second kappa shape index (κ2) is 8.75. The van der Waals surface area contributed by atoms with Gasteiger partial charge in [0.05, 0.1) is 36.1 Å². The number of anilines is 1. The normalized spacial score (nSPS) is 16.2. The molecule has 1 amide bonds. The quantitative estimate of drug-likeness (QED) is 0.464. The van der Waals surface area contributed by atoms with Crippen LogP contribution in [0.3, 0.4) is 0 Å². The van der Waals surface area contributed by atoms with E-state index in [1.165, 1.54) is 0 Å². The van der Waals surface area contributed by atoms with Crippen molar-refractivity contribution < 1.29 is 9.53 Å². The number of aromatic nitrogens is 6. The van der Waals surface area contributed by atoms with Crippen molar-refractivity contribution in [2.24, 2.45) is 0 Å². The number of carbonyl (C=O) groups is 1. The van der Waals surface area contributed by atoms with Crippen LogP contribution in [0.2, 0.25) is 0 Å². The lowest BCUT2D eigenvalue weighted by molar-refractivity contribution is -0.116. The van der Waals surface area contributed by atoms with E-state index in [2.05, 4.69) is 20.1 Å². The number of amides is 1. The van der Waals surface area contributed by atoms with Crippen LogP contribution in [0, 0.1) is 0 Å². The Bertz CT molecular complexity index is 1450. The summed E-state index contributed by atoms with van der Waals surface area (Å²) in [5, 5.41) is 7.71. The van der Waals surface area contributed by atoms with Gasteiger partial charge in [-0.2, -0.15) is 5.10 Å². The van der Waals surface area contributed by atoms with Gasteiger partial charge in [-0.15, -0.1) is 0 Å². The van der Waals surface area contributed by atoms with Crippen LogP contribution >= 0.6 is 0 Å². The second-order valence-corrected chi connectivity index (χ2v) is 8.82. The molecule has 1 saturated heterocycles. The van der Waals surface area contributed by atoms with Gasteiger partial charge in [0.1, 0.15) is 11.4 Å². The Morgan fingerprint density at radius 1 is 1.11 bits per heavy atom. The van der Waals surface area contributed by atoms with Gasteiger partial charge in [-0.05, 0) is 18.2 Å². The van der Waals surface area contributed by atoms with Crippen molar-refractivity contribution in [3.8, 4) is 22.6 Å². The van der Waals surface area contributed by atoms with Crippen LogP contribution in [-0.4, -0.2) is 79.5 Å². The smallest absolute Gasteiger partial charge is 0.261 e. The van der Waals surface area contributed by atoms with Crippen molar-refractivity contribution in [1.82, 2.24) is 34.2 Å². The maximum Gasteiger partial charge on any atom is 0.261 e. The molecule has 2 aliphatic heterocycles. The fourth-order valence-corrected chi connectivity index (χ4v) is 4.86. The predicted molar refractivity (Wildman–Crippen MR) is 130 cm³/mol. The molecule has 0 radical (unpaired) electrons. The van der Waals surface area contributed by atoms with E-state index in [0.29, 0.717) is 47.9 Å². The predicted octanol–water partition coefficient (Wildman–Crippen LogP) is 1.35. The topological polar surface area (TPSA) is 114 Å². The Labute approximate surface area is 201 Å². The Balaban J connectivity index is 1.42. The van der Waals surface area contributed by atoms with E-state index in [0.717, 1.165) is 44.1 Å². The molecule has 0 aliphatic carbocycles. The van der Waals surface area contributed by atoms with Gasteiger partial charge in [0.2, 0.25) is 11.9 Å². The van der Waals surface area contributed by atoms with Crippen molar-refractivity contribution in [2.75, 3.05) is 44.3 Å². The third-order valence-electron chi connectivity index (χ3n) is 6.72. The third-order valence-corrected chi connectivity index (χ3v) is 6.72. The average molecular weight is 475 g/mol. The number of fused-ring (bicyclic) bond motifs is 2. The summed E-state index contributed by atoms with van der Waals surface area (Å²) in [4.78, 5) is 38.9. The molecule has 0 bridgehead atoms. The molecule has 1 fully saturated rings. The SMILES string of the molecule is CC(=O)N1CCn2c1nc(-c1cc[nH]n1)c2-c1ccc2ncn(CCN3CCOCC3)c(=O)c2c1. The maximum atomic E-state index is 13.4. The molecule has 180 valence electrons. The summed E-state index contributed by atoms with van der Waals surface area (Å²) in [6, 6.07) is 7.54. The zero-order chi connectivity index (χ0) is 23.9. The van der Waals surface area contributed by atoms with E-state index in [-0.39, 0.29) is 11.5 Å². The zero-order valence-electron chi connectivity index (χ0n) is 19.5. The first-order valence-electron chi connectivity index (χ1n) is 11.8. The van der Waals surface area contributed by atoms with Gasteiger partial charge >= 0.3 is 0 Å². The number of H-pyrrole nitrogens is 1. The highest BCUT2D eigenvalue weighted by Gasteiger charge is 2.31. The van der Waals surface area contributed by atoms with Gasteiger partial charge in [0.15, 0.2) is 0 Å². The van der Waals surface area contributed by atoms with E-state index in [9.17, 15) is 9.59 Å². The van der Waals surface area contributed by atoms with Crippen molar-refractivity contribution in [1.29, 1.82) is 0 Å². The molecular formula is C24H26N8O3. The average Bonchev–Trinajstić information content (AvgIpc) is 3.61. The molecule has 11 nitrogen and oxygen atoms in total. The minimum atomic E-state index is -0.0713. The Hall–Kier alpha value is -3.83. The van der Waals surface area contributed by atoms with E-state index in [1.54, 1.807) is 28.9 Å². The molecule has 4 aromatic rings. The Kier molecular flexibility index (Phi) is 5.42. The van der Waals surface area contributed by atoms with Crippen molar-refractivity contribution in [2.45, 2.75) is 20.0 Å². The number of aromatic amines is 1. The first-order valence-corrected chi connectivity index (χ1v) is 11.8. The number of rotatable bonds is 5. The molecule has 2 aliphatic rings. The van der Waals surface area contributed by atoms with Crippen LogP contribution in [0.15, 0.2) is 41.6 Å². The number of nitrogens with zero attached hydrogens (tertiary/aromatic N) is 7. The van der Waals surface area contributed by atoms with E-state index in [4.69, 9.17) is 9.72 Å². The summed E-state index contributed by atoms with van der Waals surface area (Å²) in [7, 11) is 0. The minimum absolute atomic E-state index is 0.0558. The molecule has 5 heterocycles. The fourth-order valence-electron chi connectivity index (χ4n) is 4.86. The second-order valence-electron chi connectivity index (χ2n) is 8.82. The molecule has 6 rings (SSSR count). The molecule has 0 unspecified atom stereocenters. The van der Waals surface area contributed by atoms with Gasteiger partial charge in [-0.25, -0.2) is 9.97 Å². The highest BCUT2D eigenvalue weighted by Crippen LogP contribution is 2.37. The van der Waals surface area contributed by atoms with Crippen LogP contribution in [0.5, 0.6) is 0 Å². The molecule has 11 heteroatoms. The summed E-state index contributed by atoms with van der Waals surface area (Å²) in [5.74, 6) is 0.541. The van der Waals surface area contributed by atoms with Crippen LogP contribution in [0.25, 0.3) is 33.5 Å². The molecule has 3 aromatic heterocycles. The largest absolute Gasteiger partial charge is 0.379 e. The molecule has 0 saturated carbocycles. The first-order chi connectivity index (χ1) is 17.1. The molecule has 0 spiro atoms. The zero-order valence-corrected chi connectivity index (χ0v) is 19.5. The number of nitrogens with one attached hydrogen (secondary N) is 1. The summed E-state index contributed by atoms with van der Waals surface area (Å²) < 4.78 is 9.11. The maximum absolute atomic E-state index is 13.4. The van der Waals surface area contributed by atoms with Crippen molar-refractivity contribution in [3.05, 3.63) is 47.1 Å². The number of imidazole rings is 1. The van der Waals surface area contributed by atoms with E-state index in [1.807, 2.05) is 28.8 Å². The third kappa shape index (κ3) is 3.82. The molecule has 1 N–H and O–H groups in total. The molecule has 0 atom stereocenters. The summed E-state index contributed by atoms with van der Waals surface area (Å²) in [5.41, 5.74) is 3.60. The van der Waals surface area contributed by atoms with Crippen LogP contribution in [0.4, 0.5) is 5.95 Å². The molecular weight excluding hydrogens is 448 g/mol. The minimum Gasteiger partial charge on any atom is -0.379 e. The van der Waals surface area contributed by atoms with Crippen LogP contribution in [0.1, 0.15) is 6.92 Å². The fraction of sp³-hybridized carbons (Fsp3) is 0.375. The highest BCUT2D eigenvalue weighted by molar-refractivity contribution is 5.93. The van der Waals surface area contributed by atoms with Crippen LogP contribution in [-0.2, 0) is 22.6 Å². The highest BCUT2D eigenvalue weighted by atomic mass is 16.5. The van der Waals surface area contributed by atoms with Crippen molar-refractivity contribution in [3.63, 3.8) is 0 Å². The number of carbonyl (C=O) groups excluding carboxylic acids is 1. The summed E-state index contributed by atoms with van der Waals surface area (Å²) in [6.07, 6.45) is 3.37. The summed E-state index contributed by atoms with van der Waals surface area (Å²) in [6.45, 7) is 7.27. The van der Waals surface area contributed by atoms with Gasteiger partial charge < -0.3 is 9.30 Å². The van der Waals surface area contributed by atoms with E-state index >= 15 is 0 Å². The van der Waals surface area contributed by atoms with Gasteiger partial charge in [0.25, 0.3) is 5.56 Å². The number of hydrogen-bond acceptors (Lipinski definition) is 7. The van der Waals surface area contributed by atoms with E-state index < -0.39 is 0 Å². The first kappa shape index (κ1) is 21.7. The number of morpholine rings is 1.